The molecule has 0 unspecified atom stereocenters. The predicted molar refractivity (Wildman–Crippen MR) is 141 cm³/mol. The average molecular weight is 572 g/mol. The van der Waals surface area contributed by atoms with Gasteiger partial charge in [0.15, 0.2) is 11.5 Å². The van der Waals surface area contributed by atoms with Gasteiger partial charge in [-0.2, -0.15) is 5.10 Å². The van der Waals surface area contributed by atoms with Crippen molar-refractivity contribution >= 4 is 68.0 Å². The molecule has 0 atom stereocenters. The van der Waals surface area contributed by atoms with Gasteiger partial charge >= 0.3 is 5.97 Å². The summed E-state index contributed by atoms with van der Waals surface area (Å²) in [5.74, 6) is -0.482. The number of esters is 1. The van der Waals surface area contributed by atoms with Crippen LogP contribution in [-0.4, -0.2) is 25.2 Å². The standard InChI is InChI=1S/C26H17BrCl2N2O4/c1-34-23-12-15(14-30-31-25(32)20-10-9-17(28)13-22(20)29)11-21(27)24(23)35-26(33)19-8-4-6-16-5-2-3-7-18(16)19/h2-14H,1H3,(H,31,32)/b30-14-. The maximum atomic E-state index is 13.0. The molecule has 0 heterocycles. The van der Waals surface area contributed by atoms with Gasteiger partial charge in [-0.05, 0) is 68.7 Å². The Bertz CT molecular complexity index is 1470. The Balaban J connectivity index is 1.53. The smallest absolute Gasteiger partial charge is 0.344 e. The minimum atomic E-state index is -0.519. The number of amides is 1. The summed E-state index contributed by atoms with van der Waals surface area (Å²) in [7, 11) is 1.46. The highest BCUT2D eigenvalue weighted by molar-refractivity contribution is 9.10. The lowest BCUT2D eigenvalue weighted by Crippen LogP contribution is -2.18. The number of rotatable bonds is 6. The minimum absolute atomic E-state index is 0.215. The first kappa shape index (κ1) is 24.7. The summed E-state index contributed by atoms with van der Waals surface area (Å²) < 4.78 is 11.6. The van der Waals surface area contributed by atoms with Crippen LogP contribution in [0.5, 0.6) is 11.5 Å². The highest BCUT2D eigenvalue weighted by Crippen LogP contribution is 2.37. The molecular formula is C26H17BrCl2N2O4. The molecule has 0 spiro atoms. The molecule has 0 fully saturated rings. The number of hydrogen-bond donors (Lipinski definition) is 1. The highest BCUT2D eigenvalue weighted by Gasteiger charge is 2.18. The van der Waals surface area contributed by atoms with Crippen LogP contribution in [0.25, 0.3) is 10.8 Å². The second-order valence-electron chi connectivity index (χ2n) is 7.27. The first-order valence-corrected chi connectivity index (χ1v) is 11.8. The fraction of sp³-hybridized carbons (Fsp3) is 0.0385. The average Bonchev–Trinajstić information content (AvgIpc) is 2.84. The number of fused-ring (bicyclic) bond motifs is 1. The normalized spacial score (nSPS) is 11.0. The van der Waals surface area contributed by atoms with Gasteiger partial charge in [-0.1, -0.05) is 59.6 Å². The number of halogens is 3. The summed E-state index contributed by atoms with van der Waals surface area (Å²) >= 11 is 15.3. The minimum Gasteiger partial charge on any atom is -0.493 e. The SMILES string of the molecule is COc1cc(/C=N\NC(=O)c2ccc(Cl)cc2Cl)cc(Br)c1OC(=O)c1cccc2ccccc12. The van der Waals surface area contributed by atoms with Gasteiger partial charge in [0.2, 0.25) is 0 Å². The summed E-state index contributed by atoms with van der Waals surface area (Å²) in [5, 5.41) is 6.33. The monoisotopic (exact) mass is 570 g/mol. The van der Waals surface area contributed by atoms with Crippen molar-refractivity contribution in [1.29, 1.82) is 0 Å². The maximum absolute atomic E-state index is 13.0. The molecule has 4 aromatic rings. The molecule has 0 aliphatic carbocycles. The molecule has 9 heteroatoms. The van der Waals surface area contributed by atoms with Crippen LogP contribution in [0.15, 0.2) is 82.4 Å². The van der Waals surface area contributed by atoms with Crippen molar-refractivity contribution in [2.45, 2.75) is 0 Å². The van der Waals surface area contributed by atoms with Crippen molar-refractivity contribution in [3.8, 4) is 11.5 Å². The van der Waals surface area contributed by atoms with Gasteiger partial charge in [-0.25, -0.2) is 10.2 Å². The Kier molecular flexibility index (Phi) is 7.70. The molecule has 35 heavy (non-hydrogen) atoms. The van der Waals surface area contributed by atoms with Crippen LogP contribution in [0.1, 0.15) is 26.3 Å². The van der Waals surface area contributed by atoms with Crippen LogP contribution >= 0.6 is 39.1 Å². The number of ether oxygens (including phenoxy) is 2. The summed E-state index contributed by atoms with van der Waals surface area (Å²) in [4.78, 5) is 25.3. The van der Waals surface area contributed by atoms with E-state index in [0.717, 1.165) is 10.8 Å². The topological polar surface area (TPSA) is 77.0 Å². The third-order valence-electron chi connectivity index (χ3n) is 5.01. The zero-order chi connectivity index (χ0) is 24.9. The third kappa shape index (κ3) is 5.65. The van der Waals surface area contributed by atoms with Crippen LogP contribution < -0.4 is 14.9 Å². The van der Waals surface area contributed by atoms with E-state index in [-0.39, 0.29) is 16.3 Å². The number of nitrogens with one attached hydrogen (secondary N) is 1. The molecule has 6 nitrogen and oxygen atoms in total. The molecule has 0 aliphatic rings. The number of carbonyl (C=O) groups excluding carboxylic acids is 2. The first-order valence-electron chi connectivity index (χ1n) is 10.2. The van der Waals surface area contributed by atoms with E-state index in [1.54, 1.807) is 30.3 Å². The van der Waals surface area contributed by atoms with E-state index < -0.39 is 11.9 Å². The molecule has 0 saturated heterocycles. The number of benzene rings is 4. The van der Waals surface area contributed by atoms with E-state index in [4.69, 9.17) is 32.7 Å². The number of nitrogens with zero attached hydrogens (tertiary/aromatic N) is 1. The van der Waals surface area contributed by atoms with Crippen molar-refractivity contribution in [3.05, 3.63) is 104 Å². The summed E-state index contributed by atoms with van der Waals surface area (Å²) in [6, 6.07) is 20.9. The molecule has 0 bridgehead atoms. The van der Waals surface area contributed by atoms with E-state index >= 15 is 0 Å². The quantitative estimate of drug-likeness (QED) is 0.118. The van der Waals surface area contributed by atoms with E-state index in [1.807, 2.05) is 30.3 Å². The van der Waals surface area contributed by atoms with Crippen molar-refractivity contribution in [2.24, 2.45) is 5.10 Å². The van der Waals surface area contributed by atoms with Gasteiger partial charge in [-0.15, -0.1) is 0 Å². The molecule has 0 radical (unpaired) electrons. The summed E-state index contributed by atoms with van der Waals surface area (Å²) in [5.41, 5.74) is 3.67. The second kappa shape index (κ2) is 10.9. The van der Waals surface area contributed by atoms with E-state index in [0.29, 0.717) is 26.4 Å². The van der Waals surface area contributed by atoms with E-state index in [1.165, 1.54) is 25.5 Å². The molecule has 0 aromatic heterocycles. The highest BCUT2D eigenvalue weighted by atomic mass is 79.9. The lowest BCUT2D eigenvalue weighted by molar-refractivity contribution is 0.0730. The Morgan fingerprint density at radius 3 is 2.51 bits per heavy atom. The predicted octanol–water partition coefficient (Wildman–Crippen LogP) is 6.90. The van der Waals surface area contributed by atoms with Crippen molar-refractivity contribution in [1.82, 2.24) is 5.43 Å². The number of hydrogen-bond acceptors (Lipinski definition) is 5. The third-order valence-corrected chi connectivity index (χ3v) is 6.15. The van der Waals surface area contributed by atoms with Gasteiger partial charge in [0.25, 0.3) is 5.91 Å². The zero-order valence-corrected chi connectivity index (χ0v) is 21.3. The van der Waals surface area contributed by atoms with Gasteiger partial charge in [-0.3, -0.25) is 4.79 Å². The fourth-order valence-electron chi connectivity index (χ4n) is 3.36. The van der Waals surface area contributed by atoms with Crippen LogP contribution in [0.2, 0.25) is 10.0 Å². The van der Waals surface area contributed by atoms with Crippen molar-refractivity contribution in [3.63, 3.8) is 0 Å². The second-order valence-corrected chi connectivity index (χ2v) is 8.97. The lowest BCUT2D eigenvalue weighted by atomic mass is 10.0. The molecule has 1 amide bonds. The van der Waals surface area contributed by atoms with Gasteiger partial charge < -0.3 is 9.47 Å². The molecule has 1 N–H and O–H groups in total. The molecule has 0 saturated carbocycles. The summed E-state index contributed by atoms with van der Waals surface area (Å²) in [6.45, 7) is 0. The first-order chi connectivity index (χ1) is 16.9. The van der Waals surface area contributed by atoms with E-state index in [9.17, 15) is 9.59 Å². The molecule has 4 rings (SSSR count). The number of methoxy groups -OCH3 is 1. The Morgan fingerprint density at radius 1 is 0.971 bits per heavy atom. The fourth-order valence-corrected chi connectivity index (χ4v) is 4.40. The van der Waals surface area contributed by atoms with Gasteiger partial charge in [0, 0.05) is 5.02 Å². The lowest BCUT2D eigenvalue weighted by Gasteiger charge is -2.13. The zero-order valence-electron chi connectivity index (χ0n) is 18.2. The van der Waals surface area contributed by atoms with Gasteiger partial charge in [0.1, 0.15) is 0 Å². The van der Waals surface area contributed by atoms with Crippen LogP contribution in [-0.2, 0) is 0 Å². The largest absolute Gasteiger partial charge is 0.493 e. The van der Waals surface area contributed by atoms with E-state index in [2.05, 4.69) is 26.5 Å². The molecule has 4 aromatic carbocycles. The maximum Gasteiger partial charge on any atom is 0.344 e. The van der Waals surface area contributed by atoms with Gasteiger partial charge in [0.05, 0.1) is 33.9 Å². The summed E-state index contributed by atoms with van der Waals surface area (Å²) in [6.07, 6.45) is 1.42. The number of hydrazone groups is 1. The molecule has 0 aliphatic heterocycles. The number of carbonyl (C=O) groups is 2. The van der Waals surface area contributed by atoms with Crippen LogP contribution in [0.4, 0.5) is 0 Å². The van der Waals surface area contributed by atoms with Crippen LogP contribution in [0.3, 0.4) is 0 Å². The van der Waals surface area contributed by atoms with Crippen molar-refractivity contribution < 1.29 is 19.1 Å². The molecule has 176 valence electrons. The Hall–Kier alpha value is -3.39. The molecular weight excluding hydrogens is 555 g/mol. The van der Waals surface area contributed by atoms with Crippen LogP contribution in [0, 0.1) is 0 Å². The Morgan fingerprint density at radius 2 is 1.74 bits per heavy atom. The Labute approximate surface area is 219 Å². The van der Waals surface area contributed by atoms with Crippen molar-refractivity contribution in [2.75, 3.05) is 7.11 Å².